The summed E-state index contributed by atoms with van der Waals surface area (Å²) in [6.07, 6.45) is 4.53. The second kappa shape index (κ2) is 6.09. The molecule has 7 nitrogen and oxygen atoms in total. The average molecular weight is 292 g/mol. The number of hydrogen-bond donors (Lipinski definition) is 3. The van der Waals surface area contributed by atoms with Crippen LogP contribution in [0.1, 0.15) is 43.0 Å². The minimum atomic E-state index is -0.565. The number of para-hydroxylation sites is 1. The molecule has 1 amide bonds. The number of nitrogens with zero attached hydrogens (tertiary/aromatic N) is 1. The quantitative estimate of drug-likeness (QED) is 0.437. The molecule has 1 aromatic carbocycles. The molecule has 0 atom stereocenters. The molecule has 1 saturated carbocycles. The Morgan fingerprint density at radius 3 is 2.67 bits per heavy atom. The van der Waals surface area contributed by atoms with Gasteiger partial charge in [-0.15, -0.1) is 0 Å². The lowest BCUT2D eigenvalue weighted by molar-refractivity contribution is -0.384. The molecule has 1 aromatic rings. The van der Waals surface area contributed by atoms with Crippen molar-refractivity contribution in [2.45, 2.75) is 32.6 Å². The number of carbonyl (C=O) groups is 1. The molecule has 2 rings (SSSR count). The van der Waals surface area contributed by atoms with E-state index in [1.54, 1.807) is 0 Å². The van der Waals surface area contributed by atoms with Gasteiger partial charge in [0.05, 0.1) is 10.5 Å². The van der Waals surface area contributed by atoms with Crippen molar-refractivity contribution in [2.75, 3.05) is 12.0 Å². The van der Waals surface area contributed by atoms with Crippen molar-refractivity contribution in [1.29, 1.82) is 0 Å². The molecule has 7 heteroatoms. The third-order valence-corrected chi connectivity index (χ3v) is 4.11. The van der Waals surface area contributed by atoms with E-state index in [4.69, 9.17) is 5.84 Å². The van der Waals surface area contributed by atoms with Gasteiger partial charge in [0.25, 0.3) is 11.6 Å². The monoisotopic (exact) mass is 292 g/mol. The number of nitro benzene ring substituents is 1. The molecule has 114 valence electrons. The molecule has 0 heterocycles. The summed E-state index contributed by atoms with van der Waals surface area (Å²) in [6.45, 7) is 2.72. The third kappa shape index (κ3) is 3.30. The number of nitrogens with one attached hydrogen (secondary N) is 2. The van der Waals surface area contributed by atoms with Gasteiger partial charge in [0.1, 0.15) is 5.69 Å². The molecule has 1 aliphatic carbocycles. The van der Waals surface area contributed by atoms with Crippen LogP contribution in [0.5, 0.6) is 0 Å². The second-order valence-corrected chi connectivity index (χ2v) is 5.80. The van der Waals surface area contributed by atoms with Crippen LogP contribution in [0, 0.1) is 15.5 Å². The van der Waals surface area contributed by atoms with E-state index in [2.05, 4.69) is 17.7 Å². The van der Waals surface area contributed by atoms with Crippen molar-refractivity contribution in [2.24, 2.45) is 11.3 Å². The number of nitro groups is 1. The predicted molar refractivity (Wildman–Crippen MR) is 79.8 cm³/mol. The maximum absolute atomic E-state index is 12.3. The van der Waals surface area contributed by atoms with Crippen LogP contribution in [-0.4, -0.2) is 17.4 Å². The fraction of sp³-hybridized carbons (Fsp3) is 0.500. The maximum atomic E-state index is 12.3. The summed E-state index contributed by atoms with van der Waals surface area (Å²) in [5.41, 5.74) is 2.39. The van der Waals surface area contributed by atoms with Crippen molar-refractivity contribution >= 4 is 17.3 Å². The molecule has 0 aromatic heterocycles. The standard InChI is InChI=1S/C14H20N4O3/c1-14(7-2-3-8-14)9-16-13(19)10-5-4-6-11(18(20)21)12(10)17-15/h4-6,17H,2-3,7-9,15H2,1H3,(H,16,19). The number of anilines is 1. The Morgan fingerprint density at radius 1 is 1.43 bits per heavy atom. The molecule has 0 saturated heterocycles. The number of rotatable bonds is 5. The van der Waals surface area contributed by atoms with Gasteiger partial charge in [0, 0.05) is 12.6 Å². The lowest BCUT2D eigenvalue weighted by Crippen LogP contribution is -2.34. The number of nitrogen functional groups attached to an aromatic ring is 1. The molecule has 0 bridgehead atoms. The Labute approximate surface area is 123 Å². The fourth-order valence-electron chi connectivity index (χ4n) is 2.83. The van der Waals surface area contributed by atoms with Crippen molar-refractivity contribution in [3.8, 4) is 0 Å². The van der Waals surface area contributed by atoms with Crippen molar-refractivity contribution in [3.63, 3.8) is 0 Å². The van der Waals surface area contributed by atoms with Gasteiger partial charge in [-0.1, -0.05) is 25.8 Å². The Kier molecular flexibility index (Phi) is 4.42. The first-order chi connectivity index (χ1) is 9.97. The Hall–Kier alpha value is -2.15. The average Bonchev–Trinajstić information content (AvgIpc) is 2.91. The first kappa shape index (κ1) is 15.2. The van der Waals surface area contributed by atoms with Gasteiger partial charge in [0.15, 0.2) is 0 Å². The molecular formula is C14H20N4O3. The third-order valence-electron chi connectivity index (χ3n) is 4.11. The van der Waals surface area contributed by atoms with Crippen LogP contribution in [0.4, 0.5) is 11.4 Å². The van der Waals surface area contributed by atoms with E-state index in [9.17, 15) is 14.9 Å². The molecule has 0 spiro atoms. The largest absolute Gasteiger partial charge is 0.351 e. The number of nitrogens with two attached hydrogens (primary N) is 1. The summed E-state index contributed by atoms with van der Waals surface area (Å²) in [6, 6.07) is 4.31. The highest BCUT2D eigenvalue weighted by Crippen LogP contribution is 2.37. The van der Waals surface area contributed by atoms with Crippen LogP contribution in [-0.2, 0) is 0 Å². The second-order valence-electron chi connectivity index (χ2n) is 5.80. The van der Waals surface area contributed by atoms with Gasteiger partial charge in [-0.3, -0.25) is 20.8 Å². The van der Waals surface area contributed by atoms with Crippen LogP contribution in [0.3, 0.4) is 0 Å². The number of benzene rings is 1. The van der Waals surface area contributed by atoms with E-state index >= 15 is 0 Å². The van der Waals surface area contributed by atoms with E-state index in [0.29, 0.717) is 6.54 Å². The maximum Gasteiger partial charge on any atom is 0.294 e. The van der Waals surface area contributed by atoms with E-state index in [-0.39, 0.29) is 28.3 Å². The summed E-state index contributed by atoms with van der Waals surface area (Å²) < 4.78 is 0. The van der Waals surface area contributed by atoms with Crippen LogP contribution in [0.15, 0.2) is 18.2 Å². The van der Waals surface area contributed by atoms with Crippen molar-refractivity contribution in [1.82, 2.24) is 5.32 Å². The van der Waals surface area contributed by atoms with Crippen LogP contribution in [0.2, 0.25) is 0 Å². The zero-order valence-corrected chi connectivity index (χ0v) is 12.0. The number of hydrogen-bond acceptors (Lipinski definition) is 5. The Bertz CT molecular complexity index is 553. The summed E-state index contributed by atoms with van der Waals surface area (Å²) in [4.78, 5) is 22.7. The van der Waals surface area contributed by atoms with Gasteiger partial charge < -0.3 is 10.7 Å². The summed E-state index contributed by atoms with van der Waals surface area (Å²) in [5.74, 6) is 4.99. The normalized spacial score (nSPS) is 16.5. The van der Waals surface area contributed by atoms with Gasteiger partial charge in [0.2, 0.25) is 0 Å². The highest BCUT2D eigenvalue weighted by Gasteiger charge is 2.29. The number of carbonyl (C=O) groups excluding carboxylic acids is 1. The lowest BCUT2D eigenvalue weighted by Gasteiger charge is -2.23. The molecule has 21 heavy (non-hydrogen) atoms. The summed E-state index contributed by atoms with van der Waals surface area (Å²) >= 11 is 0. The molecular weight excluding hydrogens is 272 g/mol. The first-order valence-corrected chi connectivity index (χ1v) is 6.99. The van der Waals surface area contributed by atoms with Crippen LogP contribution in [0.25, 0.3) is 0 Å². The predicted octanol–water partition coefficient (Wildman–Crippen LogP) is 2.19. The zero-order chi connectivity index (χ0) is 15.5. The van der Waals surface area contributed by atoms with E-state index < -0.39 is 4.92 Å². The fourth-order valence-corrected chi connectivity index (χ4v) is 2.83. The minimum absolute atomic E-state index is 0.0385. The SMILES string of the molecule is CC1(CNC(=O)c2cccc([N+](=O)[O-])c2NN)CCCC1. The van der Waals surface area contributed by atoms with Gasteiger partial charge in [-0.2, -0.15) is 0 Å². The first-order valence-electron chi connectivity index (χ1n) is 6.99. The van der Waals surface area contributed by atoms with Gasteiger partial charge in [-0.05, 0) is 24.3 Å². The van der Waals surface area contributed by atoms with Gasteiger partial charge in [-0.25, -0.2) is 0 Å². The summed E-state index contributed by atoms with van der Waals surface area (Å²) in [7, 11) is 0. The van der Waals surface area contributed by atoms with E-state index in [0.717, 1.165) is 12.8 Å². The smallest absolute Gasteiger partial charge is 0.294 e. The Balaban J connectivity index is 2.15. The van der Waals surface area contributed by atoms with Crippen LogP contribution < -0.4 is 16.6 Å². The number of amides is 1. The molecule has 0 unspecified atom stereocenters. The zero-order valence-electron chi connectivity index (χ0n) is 12.0. The molecule has 1 aliphatic rings. The molecule has 1 fully saturated rings. The molecule has 0 radical (unpaired) electrons. The van der Waals surface area contributed by atoms with Crippen LogP contribution >= 0.6 is 0 Å². The molecule has 4 N–H and O–H groups in total. The lowest BCUT2D eigenvalue weighted by atomic mass is 9.89. The number of hydrazine groups is 1. The Morgan fingerprint density at radius 2 is 2.10 bits per heavy atom. The highest BCUT2D eigenvalue weighted by atomic mass is 16.6. The topological polar surface area (TPSA) is 110 Å². The minimum Gasteiger partial charge on any atom is -0.351 e. The molecule has 0 aliphatic heterocycles. The van der Waals surface area contributed by atoms with Crippen molar-refractivity contribution < 1.29 is 9.72 Å². The summed E-state index contributed by atoms with van der Waals surface area (Å²) in [5, 5.41) is 13.8. The highest BCUT2D eigenvalue weighted by molar-refractivity contribution is 6.01. The van der Waals surface area contributed by atoms with E-state index in [1.165, 1.54) is 31.0 Å². The van der Waals surface area contributed by atoms with E-state index in [1.807, 2.05) is 0 Å². The van der Waals surface area contributed by atoms with Gasteiger partial charge >= 0.3 is 0 Å². The van der Waals surface area contributed by atoms with Crippen molar-refractivity contribution in [3.05, 3.63) is 33.9 Å².